The van der Waals surface area contributed by atoms with Crippen molar-refractivity contribution >= 4 is 0 Å². The first-order valence-electron chi connectivity index (χ1n) is 7.93. The molecule has 2 aliphatic rings. The van der Waals surface area contributed by atoms with Crippen LogP contribution in [-0.2, 0) is 11.3 Å². The average Bonchev–Trinajstić information content (AvgIpc) is 2.83. The molecule has 1 saturated carbocycles. The van der Waals surface area contributed by atoms with Crippen molar-refractivity contribution < 1.29 is 4.74 Å². The molecule has 0 aromatic carbocycles. The van der Waals surface area contributed by atoms with E-state index in [1.807, 2.05) is 19.2 Å². The van der Waals surface area contributed by atoms with Gasteiger partial charge < -0.3 is 10.1 Å². The highest BCUT2D eigenvalue weighted by atomic mass is 16.5. The van der Waals surface area contributed by atoms with Crippen molar-refractivity contribution in [1.29, 1.82) is 0 Å². The standard InChI is InChI=1S/C16H25N3O/c1-13-18-10-6-14(19-13)11-17-12-15-5-9-16(20-15)7-3-2-4-8-16/h6,10,15,17H,2-5,7-9,11-12H2,1H3. The Morgan fingerprint density at radius 3 is 2.95 bits per heavy atom. The Kier molecular flexibility index (Phi) is 4.32. The topological polar surface area (TPSA) is 47.0 Å². The molecular formula is C16H25N3O. The van der Waals surface area contributed by atoms with E-state index >= 15 is 0 Å². The maximum absolute atomic E-state index is 6.36. The van der Waals surface area contributed by atoms with Crippen LogP contribution >= 0.6 is 0 Å². The van der Waals surface area contributed by atoms with Gasteiger partial charge in [0, 0.05) is 19.3 Å². The summed E-state index contributed by atoms with van der Waals surface area (Å²) in [5.74, 6) is 0.836. The van der Waals surface area contributed by atoms with Crippen molar-refractivity contribution in [2.75, 3.05) is 6.54 Å². The number of nitrogens with zero attached hydrogens (tertiary/aromatic N) is 2. The zero-order valence-corrected chi connectivity index (χ0v) is 12.4. The van der Waals surface area contributed by atoms with Gasteiger partial charge in [0.1, 0.15) is 5.82 Å². The molecule has 1 spiro atoms. The summed E-state index contributed by atoms with van der Waals surface area (Å²) in [6.07, 6.45) is 11.3. The predicted molar refractivity (Wildman–Crippen MR) is 78.4 cm³/mol. The lowest BCUT2D eigenvalue weighted by atomic mass is 9.83. The largest absolute Gasteiger partial charge is 0.370 e. The van der Waals surface area contributed by atoms with E-state index < -0.39 is 0 Å². The molecule has 4 nitrogen and oxygen atoms in total. The fourth-order valence-electron chi connectivity index (χ4n) is 3.57. The summed E-state index contributed by atoms with van der Waals surface area (Å²) in [5.41, 5.74) is 1.29. The molecular weight excluding hydrogens is 250 g/mol. The Bertz CT molecular complexity index is 443. The van der Waals surface area contributed by atoms with Gasteiger partial charge >= 0.3 is 0 Å². The van der Waals surface area contributed by atoms with Crippen LogP contribution < -0.4 is 5.32 Å². The van der Waals surface area contributed by atoms with Crippen LogP contribution in [0.2, 0.25) is 0 Å². The molecule has 1 saturated heterocycles. The molecule has 0 radical (unpaired) electrons. The molecule has 1 unspecified atom stereocenters. The van der Waals surface area contributed by atoms with Gasteiger partial charge in [0.15, 0.2) is 0 Å². The summed E-state index contributed by atoms with van der Waals surface area (Å²) in [5, 5.41) is 3.48. The van der Waals surface area contributed by atoms with Gasteiger partial charge in [-0.2, -0.15) is 0 Å². The minimum Gasteiger partial charge on any atom is -0.370 e. The number of ether oxygens (including phenoxy) is 1. The van der Waals surface area contributed by atoms with Crippen LogP contribution in [0.1, 0.15) is 56.5 Å². The Morgan fingerprint density at radius 1 is 1.30 bits per heavy atom. The number of rotatable bonds is 4. The van der Waals surface area contributed by atoms with Gasteiger partial charge in [-0.3, -0.25) is 0 Å². The third-order valence-electron chi connectivity index (χ3n) is 4.62. The summed E-state index contributed by atoms with van der Waals surface area (Å²) < 4.78 is 6.36. The first kappa shape index (κ1) is 14.0. The molecule has 20 heavy (non-hydrogen) atoms. The molecule has 1 aromatic rings. The van der Waals surface area contributed by atoms with Crippen molar-refractivity contribution in [2.45, 2.75) is 70.1 Å². The summed E-state index contributed by atoms with van der Waals surface area (Å²) >= 11 is 0. The SMILES string of the molecule is Cc1nccc(CNCC2CCC3(CCCCC3)O2)n1. The van der Waals surface area contributed by atoms with Crippen LogP contribution in [0.25, 0.3) is 0 Å². The lowest BCUT2D eigenvalue weighted by molar-refractivity contribution is -0.0624. The molecule has 4 heteroatoms. The van der Waals surface area contributed by atoms with Crippen molar-refractivity contribution in [3.8, 4) is 0 Å². The van der Waals surface area contributed by atoms with Gasteiger partial charge in [0.2, 0.25) is 0 Å². The maximum Gasteiger partial charge on any atom is 0.125 e. The Morgan fingerprint density at radius 2 is 2.15 bits per heavy atom. The summed E-state index contributed by atoms with van der Waals surface area (Å²) in [4.78, 5) is 8.53. The van der Waals surface area contributed by atoms with Gasteiger partial charge in [-0.15, -0.1) is 0 Å². The van der Waals surface area contributed by atoms with E-state index in [9.17, 15) is 0 Å². The second-order valence-corrected chi connectivity index (χ2v) is 6.25. The van der Waals surface area contributed by atoms with E-state index in [1.165, 1.54) is 44.9 Å². The number of nitrogens with one attached hydrogen (secondary N) is 1. The van der Waals surface area contributed by atoms with E-state index in [0.717, 1.165) is 24.6 Å². The van der Waals surface area contributed by atoms with Gasteiger partial charge in [-0.05, 0) is 38.7 Å². The molecule has 1 atom stereocenters. The number of aromatic nitrogens is 2. The highest BCUT2D eigenvalue weighted by molar-refractivity contribution is 5.01. The average molecular weight is 275 g/mol. The second-order valence-electron chi connectivity index (χ2n) is 6.25. The van der Waals surface area contributed by atoms with E-state index in [-0.39, 0.29) is 5.60 Å². The zero-order chi connectivity index (χ0) is 13.8. The van der Waals surface area contributed by atoms with Crippen molar-refractivity contribution in [1.82, 2.24) is 15.3 Å². The van der Waals surface area contributed by atoms with E-state index in [1.54, 1.807) is 0 Å². The molecule has 2 heterocycles. The Balaban J connectivity index is 1.43. The molecule has 110 valence electrons. The normalized spacial score (nSPS) is 25.1. The summed E-state index contributed by atoms with van der Waals surface area (Å²) in [7, 11) is 0. The lowest BCUT2D eigenvalue weighted by Crippen LogP contribution is -2.34. The fraction of sp³-hybridized carbons (Fsp3) is 0.750. The fourth-order valence-corrected chi connectivity index (χ4v) is 3.57. The van der Waals surface area contributed by atoms with Crippen molar-refractivity contribution in [3.63, 3.8) is 0 Å². The highest BCUT2D eigenvalue weighted by Gasteiger charge is 2.40. The van der Waals surface area contributed by atoms with Crippen LogP contribution in [0.15, 0.2) is 12.3 Å². The van der Waals surface area contributed by atoms with E-state index in [0.29, 0.717) is 6.10 Å². The molecule has 1 N–H and O–H groups in total. The quantitative estimate of drug-likeness (QED) is 0.918. The molecule has 1 aliphatic carbocycles. The van der Waals surface area contributed by atoms with Gasteiger partial charge in [-0.25, -0.2) is 9.97 Å². The smallest absolute Gasteiger partial charge is 0.125 e. The number of hydrogen-bond acceptors (Lipinski definition) is 4. The van der Waals surface area contributed by atoms with Gasteiger partial charge in [-0.1, -0.05) is 19.3 Å². The summed E-state index contributed by atoms with van der Waals surface area (Å²) in [6, 6.07) is 1.97. The Labute approximate surface area is 121 Å². The van der Waals surface area contributed by atoms with Gasteiger partial charge in [0.05, 0.1) is 17.4 Å². The number of aryl methyl sites for hydroxylation is 1. The lowest BCUT2D eigenvalue weighted by Gasteiger charge is -2.33. The summed E-state index contributed by atoms with van der Waals surface area (Å²) in [6.45, 7) is 3.66. The van der Waals surface area contributed by atoms with Crippen LogP contribution in [-0.4, -0.2) is 28.2 Å². The predicted octanol–water partition coefficient (Wildman–Crippen LogP) is 2.76. The van der Waals surface area contributed by atoms with Gasteiger partial charge in [0.25, 0.3) is 0 Å². The van der Waals surface area contributed by atoms with Crippen LogP contribution in [0, 0.1) is 6.92 Å². The minimum absolute atomic E-state index is 0.232. The van der Waals surface area contributed by atoms with E-state index in [2.05, 4.69) is 15.3 Å². The third-order valence-corrected chi connectivity index (χ3v) is 4.62. The maximum atomic E-state index is 6.36. The molecule has 1 aromatic heterocycles. The van der Waals surface area contributed by atoms with E-state index in [4.69, 9.17) is 4.74 Å². The molecule has 0 amide bonds. The molecule has 2 fully saturated rings. The van der Waals surface area contributed by atoms with Crippen molar-refractivity contribution in [3.05, 3.63) is 23.8 Å². The minimum atomic E-state index is 0.232. The highest BCUT2D eigenvalue weighted by Crippen LogP contribution is 2.41. The monoisotopic (exact) mass is 275 g/mol. The van der Waals surface area contributed by atoms with Crippen molar-refractivity contribution in [2.24, 2.45) is 0 Å². The van der Waals surface area contributed by atoms with Crippen LogP contribution in [0.4, 0.5) is 0 Å². The zero-order valence-electron chi connectivity index (χ0n) is 12.4. The van der Waals surface area contributed by atoms with Crippen LogP contribution in [0.3, 0.4) is 0 Å². The second kappa shape index (κ2) is 6.19. The molecule has 1 aliphatic heterocycles. The first-order chi connectivity index (χ1) is 9.76. The third kappa shape index (κ3) is 3.36. The first-order valence-corrected chi connectivity index (χ1v) is 7.93. The Hall–Kier alpha value is -1.00. The molecule has 0 bridgehead atoms. The molecule has 3 rings (SSSR count). The van der Waals surface area contributed by atoms with Crippen LogP contribution in [0.5, 0.6) is 0 Å². The number of hydrogen-bond donors (Lipinski definition) is 1.